The fourth-order valence-electron chi connectivity index (χ4n) is 1.89. The van der Waals surface area contributed by atoms with E-state index in [2.05, 4.69) is 18.8 Å². The molecule has 4 heteroatoms. The van der Waals surface area contributed by atoms with E-state index >= 15 is 0 Å². The average Bonchev–Trinajstić information content (AvgIpc) is 2.98. The predicted molar refractivity (Wildman–Crippen MR) is 85.0 cm³/mol. The maximum Gasteiger partial charge on any atom is 0.161 e. The fourth-order valence-corrected chi connectivity index (χ4v) is 2.63. The molecule has 0 fully saturated rings. The Morgan fingerprint density at radius 3 is 2.81 bits per heavy atom. The van der Waals surface area contributed by atoms with Crippen LogP contribution in [0.5, 0.6) is 11.5 Å². The van der Waals surface area contributed by atoms with Crippen molar-refractivity contribution >= 4 is 11.3 Å². The van der Waals surface area contributed by atoms with Crippen molar-refractivity contribution in [1.82, 2.24) is 0 Å². The van der Waals surface area contributed by atoms with Gasteiger partial charge >= 0.3 is 0 Å². The van der Waals surface area contributed by atoms with E-state index in [-0.39, 0.29) is 6.61 Å². The first-order valence-electron chi connectivity index (χ1n) is 6.74. The number of hydrogen-bond acceptors (Lipinski definition) is 4. The van der Waals surface area contributed by atoms with Gasteiger partial charge in [0.15, 0.2) is 11.5 Å². The lowest BCUT2D eigenvalue weighted by atomic mass is 10.1. The number of hydrogen-bond donors (Lipinski definition) is 1. The van der Waals surface area contributed by atoms with Crippen molar-refractivity contribution in [2.45, 2.75) is 20.0 Å². The highest BCUT2D eigenvalue weighted by Crippen LogP contribution is 2.29. The third-order valence-corrected chi connectivity index (χ3v) is 3.94. The third-order valence-electron chi connectivity index (χ3n) is 3.04. The minimum Gasteiger partial charge on any atom is -0.493 e. The Morgan fingerprint density at radius 1 is 1.24 bits per heavy atom. The van der Waals surface area contributed by atoms with Gasteiger partial charge in [-0.15, -0.1) is 11.3 Å². The summed E-state index contributed by atoms with van der Waals surface area (Å²) in [6.07, 6.45) is 0.961. The van der Waals surface area contributed by atoms with Crippen LogP contribution >= 0.6 is 11.3 Å². The maximum atomic E-state index is 8.76. The summed E-state index contributed by atoms with van der Waals surface area (Å²) in [5.74, 6) is 7.05. The highest BCUT2D eigenvalue weighted by Gasteiger charge is 2.08. The molecule has 1 aromatic carbocycles. The number of aryl methyl sites for hydroxylation is 1. The molecule has 0 spiro atoms. The topological polar surface area (TPSA) is 38.7 Å². The highest BCUT2D eigenvalue weighted by atomic mass is 32.1. The van der Waals surface area contributed by atoms with Crippen LogP contribution in [0.1, 0.15) is 22.9 Å². The molecule has 0 aliphatic rings. The molecule has 0 aliphatic carbocycles. The minimum atomic E-state index is -0.136. The molecule has 0 unspecified atom stereocenters. The summed E-state index contributed by atoms with van der Waals surface area (Å²) in [5, 5.41) is 10.7. The molecule has 0 aliphatic heterocycles. The number of ether oxygens (including phenoxy) is 2. The van der Waals surface area contributed by atoms with Crippen molar-refractivity contribution < 1.29 is 14.6 Å². The first-order chi connectivity index (χ1) is 10.3. The lowest BCUT2D eigenvalue weighted by Gasteiger charge is -2.11. The number of methoxy groups -OCH3 is 1. The van der Waals surface area contributed by atoms with Crippen molar-refractivity contribution in [3.8, 4) is 23.3 Å². The van der Waals surface area contributed by atoms with Gasteiger partial charge in [0.25, 0.3) is 0 Å². The van der Waals surface area contributed by atoms with Gasteiger partial charge in [0.2, 0.25) is 0 Å². The molecule has 1 heterocycles. The average molecular weight is 302 g/mol. The van der Waals surface area contributed by atoms with Gasteiger partial charge in [0.05, 0.1) is 12.0 Å². The molecule has 0 saturated heterocycles. The normalized spacial score (nSPS) is 9.86. The molecule has 110 valence electrons. The van der Waals surface area contributed by atoms with E-state index < -0.39 is 0 Å². The molecule has 0 saturated carbocycles. The van der Waals surface area contributed by atoms with Gasteiger partial charge in [-0.1, -0.05) is 24.8 Å². The number of thiophene rings is 1. The molecule has 0 radical (unpaired) electrons. The minimum absolute atomic E-state index is 0.136. The van der Waals surface area contributed by atoms with Crippen LogP contribution in [0.4, 0.5) is 0 Å². The molecule has 0 amide bonds. The predicted octanol–water partition coefficient (Wildman–Crippen LogP) is 3.24. The van der Waals surface area contributed by atoms with Crippen LogP contribution in [0.3, 0.4) is 0 Å². The Kier molecular flexibility index (Phi) is 5.68. The Hall–Kier alpha value is -1.96. The van der Waals surface area contributed by atoms with Gasteiger partial charge in [-0.05, 0) is 35.6 Å². The summed E-state index contributed by atoms with van der Waals surface area (Å²) in [6.45, 7) is 2.41. The van der Waals surface area contributed by atoms with Crippen molar-refractivity contribution in [2.75, 3.05) is 13.7 Å². The van der Waals surface area contributed by atoms with Crippen molar-refractivity contribution in [2.24, 2.45) is 0 Å². The second-order valence-electron chi connectivity index (χ2n) is 4.34. The summed E-state index contributed by atoms with van der Waals surface area (Å²) in [5.41, 5.74) is 2.11. The Morgan fingerprint density at radius 2 is 2.10 bits per heavy atom. The number of aliphatic hydroxyl groups excluding tert-OH is 1. The molecule has 3 nitrogen and oxygen atoms in total. The first-order valence-corrected chi connectivity index (χ1v) is 7.62. The molecular weight excluding hydrogens is 284 g/mol. The van der Waals surface area contributed by atoms with E-state index in [4.69, 9.17) is 14.6 Å². The lowest BCUT2D eigenvalue weighted by Crippen LogP contribution is -1.98. The van der Waals surface area contributed by atoms with Gasteiger partial charge in [0, 0.05) is 5.56 Å². The van der Waals surface area contributed by atoms with Crippen LogP contribution in [0.15, 0.2) is 29.6 Å². The second-order valence-corrected chi connectivity index (χ2v) is 5.35. The second kappa shape index (κ2) is 7.72. The summed E-state index contributed by atoms with van der Waals surface area (Å²) in [7, 11) is 1.64. The number of rotatable bonds is 5. The highest BCUT2D eigenvalue weighted by molar-refractivity contribution is 7.10. The molecule has 1 N–H and O–H groups in total. The summed E-state index contributed by atoms with van der Waals surface area (Å²) >= 11 is 1.59. The Balaban J connectivity index is 2.11. The zero-order valence-corrected chi connectivity index (χ0v) is 13.0. The lowest BCUT2D eigenvalue weighted by molar-refractivity contribution is 0.287. The largest absolute Gasteiger partial charge is 0.493 e. The molecule has 0 bridgehead atoms. The van der Waals surface area contributed by atoms with Gasteiger partial charge in [-0.3, -0.25) is 0 Å². The summed E-state index contributed by atoms with van der Waals surface area (Å²) < 4.78 is 11.2. The third kappa shape index (κ3) is 4.01. The molecule has 0 atom stereocenters. The van der Waals surface area contributed by atoms with Gasteiger partial charge in [0.1, 0.15) is 13.2 Å². The van der Waals surface area contributed by atoms with Gasteiger partial charge < -0.3 is 14.6 Å². The Labute approximate surface area is 129 Å². The van der Waals surface area contributed by atoms with E-state index in [0.29, 0.717) is 6.61 Å². The number of benzene rings is 1. The van der Waals surface area contributed by atoms with Crippen LogP contribution in [0, 0.1) is 11.8 Å². The van der Waals surface area contributed by atoms with E-state index in [0.717, 1.165) is 28.4 Å². The van der Waals surface area contributed by atoms with Crippen LogP contribution in [-0.2, 0) is 13.0 Å². The summed E-state index contributed by atoms with van der Waals surface area (Å²) in [6, 6.07) is 7.91. The summed E-state index contributed by atoms with van der Waals surface area (Å²) in [4.78, 5) is 1.04. The molecule has 2 aromatic rings. The van der Waals surface area contributed by atoms with Crippen molar-refractivity contribution in [3.05, 3.63) is 45.6 Å². The SMILES string of the molecule is CCc1ccc(OCc2sccc2C#CCO)c(OC)c1. The van der Waals surface area contributed by atoms with Crippen LogP contribution in [0.2, 0.25) is 0 Å². The molecule has 1 aromatic heterocycles. The standard InChI is InChI=1S/C17H18O3S/c1-3-13-6-7-15(16(11-13)19-2)20-12-17-14(5-4-9-18)8-10-21-17/h6-8,10-11,18H,3,9,12H2,1-2H3. The van der Waals surface area contributed by atoms with Crippen molar-refractivity contribution in [3.63, 3.8) is 0 Å². The molecule has 2 rings (SSSR count). The monoisotopic (exact) mass is 302 g/mol. The zero-order valence-electron chi connectivity index (χ0n) is 12.2. The zero-order chi connectivity index (χ0) is 15.1. The fraction of sp³-hybridized carbons (Fsp3) is 0.294. The van der Waals surface area contributed by atoms with Crippen LogP contribution in [-0.4, -0.2) is 18.8 Å². The maximum absolute atomic E-state index is 8.76. The van der Waals surface area contributed by atoms with E-state index in [9.17, 15) is 0 Å². The first kappa shape index (κ1) is 15.4. The van der Waals surface area contributed by atoms with Crippen molar-refractivity contribution in [1.29, 1.82) is 0 Å². The smallest absolute Gasteiger partial charge is 0.161 e. The quantitative estimate of drug-likeness (QED) is 0.862. The number of aliphatic hydroxyl groups is 1. The Bertz CT molecular complexity index is 650. The van der Waals surface area contributed by atoms with E-state index in [1.807, 2.05) is 29.6 Å². The van der Waals surface area contributed by atoms with Crippen LogP contribution < -0.4 is 9.47 Å². The van der Waals surface area contributed by atoms with Crippen LogP contribution in [0.25, 0.3) is 0 Å². The van der Waals surface area contributed by atoms with Gasteiger partial charge in [-0.25, -0.2) is 0 Å². The van der Waals surface area contributed by atoms with E-state index in [1.165, 1.54) is 5.56 Å². The molecule has 21 heavy (non-hydrogen) atoms. The van der Waals surface area contributed by atoms with E-state index in [1.54, 1.807) is 18.4 Å². The van der Waals surface area contributed by atoms with Gasteiger partial charge in [-0.2, -0.15) is 0 Å². The molecular formula is C17H18O3S.